The highest BCUT2D eigenvalue weighted by atomic mass is 35.5. The molecule has 3 rings (SSSR count). The third-order valence-electron chi connectivity index (χ3n) is 4.64. The van der Waals surface area contributed by atoms with E-state index in [0.717, 1.165) is 12.1 Å². The first-order valence-electron chi connectivity index (χ1n) is 9.98. The van der Waals surface area contributed by atoms with Crippen LogP contribution in [0.25, 0.3) is 6.08 Å². The maximum atomic E-state index is 13.7. The smallest absolute Gasteiger partial charge is 0.435 e. The van der Waals surface area contributed by atoms with E-state index >= 15 is 0 Å². The Balaban J connectivity index is 2.03. The standard InChI is InChI=1S/C23H20ClF3N2O5/c1-12(2)11-34-18-7-4-13(9-19(18)33-3)8-16-20(23(25,26)27)28-29(21(16)30)14-5-6-17(24)15(10-14)22(31)32/h4-10,12H,11H2,1-3H3,(H,31,32). The van der Waals surface area contributed by atoms with Crippen LogP contribution in [0.4, 0.5) is 18.9 Å². The number of hydrogen-bond donors (Lipinski definition) is 1. The van der Waals surface area contributed by atoms with Gasteiger partial charge in [-0.25, -0.2) is 4.79 Å². The van der Waals surface area contributed by atoms with E-state index in [1.54, 1.807) is 0 Å². The number of nitrogens with zero attached hydrogens (tertiary/aromatic N) is 2. The molecule has 1 aliphatic rings. The topological polar surface area (TPSA) is 88.4 Å². The van der Waals surface area contributed by atoms with Crippen LogP contribution in [0, 0.1) is 5.92 Å². The Morgan fingerprint density at radius 3 is 2.50 bits per heavy atom. The lowest BCUT2D eigenvalue weighted by Crippen LogP contribution is -2.25. The van der Waals surface area contributed by atoms with Crippen LogP contribution in [0.3, 0.4) is 0 Å². The predicted octanol–water partition coefficient (Wildman–Crippen LogP) is 5.43. The maximum Gasteiger partial charge on any atom is 0.435 e. The average Bonchev–Trinajstić information content (AvgIpc) is 3.09. The second-order valence-electron chi connectivity index (χ2n) is 7.71. The number of ether oxygens (including phenoxy) is 2. The van der Waals surface area contributed by atoms with Crippen LogP contribution in [0.5, 0.6) is 11.5 Å². The van der Waals surface area contributed by atoms with Gasteiger partial charge >= 0.3 is 12.1 Å². The van der Waals surface area contributed by atoms with Crippen LogP contribution >= 0.6 is 11.6 Å². The van der Waals surface area contributed by atoms with Gasteiger partial charge in [0.2, 0.25) is 0 Å². The average molecular weight is 497 g/mol. The number of carbonyl (C=O) groups excluding carboxylic acids is 1. The first kappa shape index (κ1) is 25.1. The number of hydrazone groups is 1. The second-order valence-corrected chi connectivity index (χ2v) is 8.11. The zero-order valence-electron chi connectivity index (χ0n) is 18.3. The van der Waals surface area contributed by atoms with Gasteiger partial charge in [-0.2, -0.15) is 23.3 Å². The molecule has 1 amide bonds. The van der Waals surface area contributed by atoms with E-state index < -0.39 is 29.3 Å². The maximum absolute atomic E-state index is 13.7. The largest absolute Gasteiger partial charge is 0.493 e. The molecular formula is C23H20ClF3N2O5. The summed E-state index contributed by atoms with van der Waals surface area (Å²) in [4.78, 5) is 24.3. The molecule has 1 N–H and O–H groups in total. The van der Waals surface area contributed by atoms with Crippen LogP contribution in [0.15, 0.2) is 47.1 Å². The van der Waals surface area contributed by atoms with Crippen LogP contribution in [-0.2, 0) is 4.79 Å². The van der Waals surface area contributed by atoms with Gasteiger partial charge in [0.05, 0.1) is 35.6 Å². The van der Waals surface area contributed by atoms with Crippen molar-refractivity contribution >= 4 is 41.0 Å². The van der Waals surface area contributed by atoms with E-state index in [4.69, 9.17) is 21.1 Å². The molecule has 1 aliphatic heterocycles. The van der Waals surface area contributed by atoms with E-state index in [9.17, 15) is 27.9 Å². The SMILES string of the molecule is COc1cc(C=C2C(=O)N(c3ccc(Cl)c(C(=O)O)c3)N=C2C(F)(F)F)ccc1OCC(C)C. The third kappa shape index (κ3) is 5.33. The number of alkyl halides is 3. The number of carboxylic acid groups (broad SMARTS) is 1. The highest BCUT2D eigenvalue weighted by Crippen LogP contribution is 2.35. The number of anilines is 1. The van der Waals surface area contributed by atoms with Crippen molar-refractivity contribution in [1.82, 2.24) is 0 Å². The molecule has 0 aromatic heterocycles. The van der Waals surface area contributed by atoms with E-state index in [1.807, 2.05) is 13.8 Å². The molecule has 0 saturated carbocycles. The molecule has 0 bridgehead atoms. The molecule has 0 radical (unpaired) electrons. The number of benzene rings is 2. The fraction of sp³-hybridized carbons (Fsp3) is 0.261. The van der Waals surface area contributed by atoms with Gasteiger partial charge in [-0.15, -0.1) is 0 Å². The molecule has 2 aromatic carbocycles. The van der Waals surface area contributed by atoms with Crippen molar-refractivity contribution in [2.24, 2.45) is 11.0 Å². The number of carbonyl (C=O) groups is 2. The van der Waals surface area contributed by atoms with Gasteiger partial charge in [-0.1, -0.05) is 31.5 Å². The number of rotatable bonds is 7. The van der Waals surface area contributed by atoms with Crippen molar-refractivity contribution in [1.29, 1.82) is 0 Å². The van der Waals surface area contributed by atoms with Crippen molar-refractivity contribution in [2.75, 3.05) is 18.7 Å². The summed E-state index contributed by atoms with van der Waals surface area (Å²) in [5.74, 6) is -1.55. The third-order valence-corrected chi connectivity index (χ3v) is 4.97. The fourth-order valence-electron chi connectivity index (χ4n) is 3.05. The number of hydrogen-bond acceptors (Lipinski definition) is 5. The van der Waals surface area contributed by atoms with E-state index in [0.29, 0.717) is 17.4 Å². The number of methoxy groups -OCH3 is 1. The lowest BCUT2D eigenvalue weighted by atomic mass is 10.1. The molecule has 0 spiro atoms. The Morgan fingerprint density at radius 2 is 1.91 bits per heavy atom. The molecule has 0 aliphatic carbocycles. The Hall–Kier alpha value is -3.53. The molecular weight excluding hydrogens is 477 g/mol. The fourth-order valence-corrected chi connectivity index (χ4v) is 3.25. The van der Waals surface area contributed by atoms with Crippen molar-refractivity contribution in [2.45, 2.75) is 20.0 Å². The van der Waals surface area contributed by atoms with Gasteiger partial charge in [0.15, 0.2) is 17.2 Å². The summed E-state index contributed by atoms with van der Waals surface area (Å²) in [6.45, 7) is 4.33. The van der Waals surface area contributed by atoms with E-state index in [2.05, 4.69) is 5.10 Å². The quantitative estimate of drug-likeness (QED) is 0.516. The Labute approximate surface area is 198 Å². The molecule has 11 heteroatoms. The summed E-state index contributed by atoms with van der Waals surface area (Å²) < 4.78 is 52.1. The summed E-state index contributed by atoms with van der Waals surface area (Å²) >= 11 is 5.82. The molecule has 7 nitrogen and oxygen atoms in total. The molecule has 0 saturated heterocycles. The Bertz CT molecular complexity index is 1190. The van der Waals surface area contributed by atoms with Crippen molar-refractivity contribution in [3.63, 3.8) is 0 Å². The van der Waals surface area contributed by atoms with Gasteiger partial charge in [-0.05, 0) is 47.9 Å². The van der Waals surface area contributed by atoms with Crippen molar-refractivity contribution < 1.29 is 37.3 Å². The van der Waals surface area contributed by atoms with Crippen molar-refractivity contribution in [3.8, 4) is 11.5 Å². The van der Waals surface area contributed by atoms with Gasteiger partial charge in [0.25, 0.3) is 5.91 Å². The lowest BCUT2D eigenvalue weighted by molar-refractivity contribution is -0.114. The summed E-state index contributed by atoms with van der Waals surface area (Å²) in [7, 11) is 1.39. The van der Waals surface area contributed by atoms with Gasteiger partial charge in [0, 0.05) is 0 Å². The summed E-state index contributed by atoms with van der Waals surface area (Å²) in [6, 6.07) is 7.81. The normalized spacial score (nSPS) is 15.2. The monoisotopic (exact) mass is 496 g/mol. The zero-order chi connectivity index (χ0) is 25.2. The van der Waals surface area contributed by atoms with Crippen LogP contribution < -0.4 is 14.5 Å². The number of amides is 1. The first-order chi connectivity index (χ1) is 15.9. The molecule has 34 heavy (non-hydrogen) atoms. The number of carboxylic acids is 1. The molecule has 2 aromatic rings. The highest BCUT2D eigenvalue weighted by molar-refractivity contribution is 6.35. The first-order valence-corrected chi connectivity index (χ1v) is 10.4. The summed E-state index contributed by atoms with van der Waals surface area (Å²) in [5, 5.41) is 13.0. The summed E-state index contributed by atoms with van der Waals surface area (Å²) in [5.41, 5.74) is -2.43. The molecule has 1 heterocycles. The minimum atomic E-state index is -4.94. The second kappa shape index (κ2) is 9.76. The van der Waals surface area contributed by atoms with E-state index in [1.165, 1.54) is 37.4 Å². The Kier molecular flexibility index (Phi) is 7.21. The van der Waals surface area contributed by atoms with Crippen LogP contribution in [0.2, 0.25) is 5.02 Å². The van der Waals surface area contributed by atoms with Crippen LogP contribution in [0.1, 0.15) is 29.8 Å². The van der Waals surface area contributed by atoms with Crippen LogP contribution in [-0.4, -0.2) is 42.6 Å². The number of aromatic carboxylic acids is 1. The van der Waals surface area contributed by atoms with Gasteiger partial charge in [-0.3, -0.25) is 4.79 Å². The van der Waals surface area contributed by atoms with E-state index in [-0.39, 0.29) is 33.5 Å². The minimum Gasteiger partial charge on any atom is -0.493 e. The zero-order valence-corrected chi connectivity index (χ0v) is 19.1. The lowest BCUT2D eigenvalue weighted by Gasteiger charge is -2.14. The summed E-state index contributed by atoms with van der Waals surface area (Å²) in [6.07, 6.45) is -3.90. The predicted molar refractivity (Wildman–Crippen MR) is 121 cm³/mol. The number of halogens is 4. The molecule has 0 fully saturated rings. The minimum absolute atomic E-state index is 0.134. The molecule has 0 atom stereocenters. The molecule has 180 valence electrons. The van der Waals surface area contributed by atoms with Gasteiger partial charge in [0.1, 0.15) is 0 Å². The van der Waals surface area contributed by atoms with Crippen molar-refractivity contribution in [3.05, 3.63) is 58.1 Å². The highest BCUT2D eigenvalue weighted by Gasteiger charge is 2.47. The Morgan fingerprint density at radius 1 is 1.21 bits per heavy atom. The molecule has 0 unspecified atom stereocenters. The van der Waals surface area contributed by atoms with Gasteiger partial charge < -0.3 is 14.6 Å².